The van der Waals surface area contributed by atoms with Crippen molar-refractivity contribution in [3.8, 4) is 17.0 Å². The van der Waals surface area contributed by atoms with Gasteiger partial charge in [0.1, 0.15) is 29.2 Å². The fourth-order valence-electron chi connectivity index (χ4n) is 3.93. The predicted molar refractivity (Wildman–Crippen MR) is 136 cm³/mol. The van der Waals surface area contributed by atoms with Crippen molar-refractivity contribution in [2.75, 3.05) is 31.7 Å². The highest BCUT2D eigenvalue weighted by Gasteiger charge is 2.30. The van der Waals surface area contributed by atoms with Gasteiger partial charge in [0.25, 0.3) is 5.97 Å². The number of carbonyl (C=O) groups excluding carboxylic acids is 1. The molecule has 0 saturated carbocycles. The number of rotatable bonds is 3. The van der Waals surface area contributed by atoms with Crippen LogP contribution in [0.2, 0.25) is 0 Å². The maximum Gasteiger partial charge on any atom is 0.410 e. The third-order valence-corrected chi connectivity index (χ3v) is 5.49. The summed E-state index contributed by atoms with van der Waals surface area (Å²) < 4.78 is 12.8. The second kappa shape index (κ2) is 10.7. The molecule has 1 fully saturated rings. The number of nitrogen functional groups attached to an aromatic ring is 2. The van der Waals surface area contributed by atoms with Gasteiger partial charge >= 0.3 is 6.09 Å². The van der Waals surface area contributed by atoms with Crippen LogP contribution >= 0.6 is 0 Å². The molecule has 0 aliphatic carbocycles. The van der Waals surface area contributed by atoms with Gasteiger partial charge in [-0.15, -0.1) is 0 Å². The molecule has 4 rings (SSSR count). The van der Waals surface area contributed by atoms with Gasteiger partial charge in [-0.1, -0.05) is 6.07 Å². The minimum Gasteiger partial charge on any atom is -0.495 e. The molecule has 3 aromatic rings. The van der Waals surface area contributed by atoms with Gasteiger partial charge in [0.2, 0.25) is 0 Å². The number of nitrogens with two attached hydrogens (primary N) is 2. The summed E-state index contributed by atoms with van der Waals surface area (Å²) in [5.74, 6) is 0.0875. The van der Waals surface area contributed by atoms with Crippen molar-refractivity contribution in [1.29, 1.82) is 0 Å². The first-order valence-electron chi connectivity index (χ1n) is 11.5. The first-order valence-corrected chi connectivity index (χ1v) is 11.5. The summed E-state index contributed by atoms with van der Waals surface area (Å²) in [6.07, 6.45) is 2.61. The summed E-state index contributed by atoms with van der Waals surface area (Å²) in [6, 6.07) is 5.55. The number of carboxylic acid groups (broad SMARTS) is 1. The van der Waals surface area contributed by atoms with Gasteiger partial charge in [0, 0.05) is 25.6 Å². The standard InChI is InChI=1S/C22H29N7O3.C2H4O2/c1-22(2,3)32-21(30)28-9-7-14(8-10-28)29-20-17(19(24)25-12-26-20)18(27-29)13-5-6-15(23)16(11-13)31-4;1-2(3)4/h5-6,11-12,14H,7-10,23H2,1-4H3,(H2,24,25,26);1H3,(H,3,4). The molecule has 12 nitrogen and oxygen atoms in total. The Morgan fingerprint density at radius 2 is 1.78 bits per heavy atom. The Balaban J connectivity index is 0.000000840. The lowest BCUT2D eigenvalue weighted by Crippen LogP contribution is -2.42. The van der Waals surface area contributed by atoms with E-state index < -0.39 is 11.6 Å². The van der Waals surface area contributed by atoms with E-state index in [9.17, 15) is 4.79 Å². The van der Waals surface area contributed by atoms with E-state index in [2.05, 4.69) is 9.97 Å². The second-order valence-electron chi connectivity index (χ2n) is 9.43. The molecule has 1 aromatic carbocycles. The molecule has 36 heavy (non-hydrogen) atoms. The van der Waals surface area contributed by atoms with E-state index in [1.54, 1.807) is 18.1 Å². The SMILES string of the molecule is CC(=O)O.COc1cc(-c2nn(C3CCN(C(=O)OC(C)(C)C)CC3)c3ncnc(N)c23)ccc1N. The number of ether oxygens (including phenoxy) is 2. The van der Waals surface area contributed by atoms with Crippen LogP contribution in [0.15, 0.2) is 24.5 Å². The minimum absolute atomic E-state index is 0.0647. The number of methoxy groups -OCH3 is 1. The van der Waals surface area contributed by atoms with Crippen LogP contribution in [0.3, 0.4) is 0 Å². The van der Waals surface area contributed by atoms with E-state index in [4.69, 9.17) is 35.9 Å². The Morgan fingerprint density at radius 3 is 2.36 bits per heavy atom. The van der Waals surface area contributed by atoms with Crippen LogP contribution in [0.5, 0.6) is 5.75 Å². The average molecular weight is 500 g/mol. The molecule has 2 aromatic heterocycles. The highest BCUT2D eigenvalue weighted by Crippen LogP contribution is 2.36. The number of aliphatic carboxylic acids is 1. The third-order valence-electron chi connectivity index (χ3n) is 5.49. The van der Waals surface area contributed by atoms with E-state index in [1.807, 2.05) is 37.6 Å². The number of hydrogen-bond donors (Lipinski definition) is 3. The zero-order valence-corrected chi connectivity index (χ0v) is 21.2. The number of anilines is 2. The van der Waals surface area contributed by atoms with Crippen molar-refractivity contribution in [1.82, 2.24) is 24.6 Å². The molecular formula is C24H33N7O5. The highest BCUT2D eigenvalue weighted by atomic mass is 16.6. The minimum atomic E-state index is -0.833. The van der Waals surface area contributed by atoms with Gasteiger partial charge in [-0.05, 0) is 45.7 Å². The van der Waals surface area contributed by atoms with Gasteiger partial charge in [-0.25, -0.2) is 19.4 Å². The molecule has 1 saturated heterocycles. The third kappa shape index (κ3) is 6.12. The van der Waals surface area contributed by atoms with Crippen molar-refractivity contribution in [2.24, 2.45) is 0 Å². The maximum atomic E-state index is 12.4. The van der Waals surface area contributed by atoms with E-state index in [0.717, 1.165) is 25.3 Å². The number of piperidine rings is 1. The molecule has 0 bridgehead atoms. The van der Waals surface area contributed by atoms with E-state index in [0.29, 0.717) is 47.1 Å². The van der Waals surface area contributed by atoms with Crippen molar-refractivity contribution in [2.45, 2.75) is 52.2 Å². The van der Waals surface area contributed by atoms with E-state index >= 15 is 0 Å². The number of aromatic nitrogens is 4. The number of carbonyl (C=O) groups is 2. The van der Waals surface area contributed by atoms with Gasteiger partial charge in [0.05, 0.1) is 24.2 Å². The largest absolute Gasteiger partial charge is 0.495 e. The number of nitrogens with zero attached hydrogens (tertiary/aromatic N) is 5. The fourth-order valence-corrected chi connectivity index (χ4v) is 3.93. The Morgan fingerprint density at radius 1 is 1.14 bits per heavy atom. The zero-order chi connectivity index (χ0) is 26.6. The lowest BCUT2D eigenvalue weighted by molar-refractivity contribution is -0.134. The normalized spacial score (nSPS) is 14.2. The summed E-state index contributed by atoms with van der Waals surface area (Å²) >= 11 is 0. The molecule has 5 N–H and O–H groups in total. The number of carboxylic acids is 1. The molecular weight excluding hydrogens is 466 g/mol. The van der Waals surface area contributed by atoms with Crippen molar-refractivity contribution in [3.05, 3.63) is 24.5 Å². The van der Waals surface area contributed by atoms with Gasteiger partial charge in [-0.3, -0.25) is 4.79 Å². The van der Waals surface area contributed by atoms with Crippen LogP contribution in [-0.2, 0) is 9.53 Å². The lowest BCUT2D eigenvalue weighted by Gasteiger charge is -2.33. The molecule has 0 spiro atoms. The van der Waals surface area contributed by atoms with Crippen LogP contribution in [0.4, 0.5) is 16.3 Å². The number of hydrogen-bond acceptors (Lipinski definition) is 9. The Kier molecular flexibility index (Phi) is 7.86. The van der Waals surface area contributed by atoms with E-state index in [-0.39, 0.29) is 12.1 Å². The molecule has 1 aliphatic heterocycles. The number of amides is 1. The molecule has 1 aliphatic rings. The maximum absolute atomic E-state index is 12.4. The first kappa shape index (κ1) is 26.5. The van der Waals surface area contributed by atoms with Crippen molar-refractivity contribution in [3.63, 3.8) is 0 Å². The Bertz CT molecular complexity index is 1240. The van der Waals surface area contributed by atoms with Crippen molar-refractivity contribution >= 4 is 34.6 Å². The molecule has 1 amide bonds. The Hall–Kier alpha value is -4.09. The monoisotopic (exact) mass is 499 g/mol. The summed E-state index contributed by atoms with van der Waals surface area (Å²) in [4.78, 5) is 31.8. The smallest absolute Gasteiger partial charge is 0.410 e. The molecule has 0 radical (unpaired) electrons. The summed E-state index contributed by atoms with van der Waals surface area (Å²) in [7, 11) is 1.57. The quantitative estimate of drug-likeness (QED) is 0.454. The summed E-state index contributed by atoms with van der Waals surface area (Å²) in [5, 5.41) is 13.0. The second-order valence-corrected chi connectivity index (χ2v) is 9.43. The fraction of sp³-hybridized carbons (Fsp3) is 0.458. The van der Waals surface area contributed by atoms with Crippen LogP contribution in [0.25, 0.3) is 22.3 Å². The Labute approximate surface area is 209 Å². The number of likely N-dealkylation sites (tertiary alicyclic amines) is 1. The highest BCUT2D eigenvalue weighted by molar-refractivity contribution is 5.98. The van der Waals surface area contributed by atoms with Crippen LogP contribution in [-0.4, -0.2) is 67.6 Å². The van der Waals surface area contributed by atoms with Gasteiger partial charge < -0.3 is 30.9 Å². The average Bonchev–Trinajstić information content (AvgIpc) is 3.19. The zero-order valence-electron chi connectivity index (χ0n) is 21.2. The molecule has 12 heteroatoms. The van der Waals surface area contributed by atoms with Crippen molar-refractivity contribution < 1.29 is 24.2 Å². The van der Waals surface area contributed by atoms with Crippen LogP contribution < -0.4 is 16.2 Å². The number of fused-ring (bicyclic) bond motifs is 1. The summed E-state index contributed by atoms with van der Waals surface area (Å²) in [6.45, 7) is 7.83. The topological polar surface area (TPSA) is 172 Å². The lowest BCUT2D eigenvalue weighted by atomic mass is 10.1. The van der Waals surface area contributed by atoms with E-state index in [1.165, 1.54) is 6.33 Å². The molecule has 194 valence electrons. The van der Waals surface area contributed by atoms with Gasteiger partial charge in [0.15, 0.2) is 5.65 Å². The first-order chi connectivity index (χ1) is 16.9. The van der Waals surface area contributed by atoms with Gasteiger partial charge in [-0.2, -0.15) is 5.10 Å². The molecule has 0 atom stereocenters. The van der Waals surface area contributed by atoms with Crippen LogP contribution in [0.1, 0.15) is 46.6 Å². The number of benzene rings is 1. The molecule has 0 unspecified atom stereocenters. The van der Waals surface area contributed by atoms with Crippen LogP contribution in [0, 0.1) is 0 Å². The summed E-state index contributed by atoms with van der Waals surface area (Å²) in [5.41, 5.74) is 14.4. The molecule has 3 heterocycles. The predicted octanol–water partition coefficient (Wildman–Crippen LogP) is 3.33.